The average molecular weight is 341 g/mol. The molecule has 1 aromatic carbocycles. The van der Waals surface area contributed by atoms with Crippen LogP contribution in [0.5, 0.6) is 0 Å². The Balaban J connectivity index is 1.46. The maximum atomic E-state index is 12.3. The molecule has 0 radical (unpaired) electrons. The second-order valence-corrected chi connectivity index (χ2v) is 7.77. The number of piperidine rings is 1. The predicted octanol–water partition coefficient (Wildman–Crippen LogP) is 2.29. The maximum Gasteiger partial charge on any atom is 0.410 e. The number of rotatable bonds is 3. The van der Waals surface area contributed by atoms with Crippen molar-refractivity contribution in [1.82, 2.24) is 10.2 Å². The molecule has 3 rings (SSSR count). The Morgan fingerprint density at radius 2 is 2.00 bits per heavy atom. The van der Waals surface area contributed by atoms with Gasteiger partial charge in [0.05, 0.1) is 11.6 Å². The van der Waals surface area contributed by atoms with Crippen LogP contribution in [-0.4, -0.2) is 35.6 Å². The van der Waals surface area contributed by atoms with E-state index in [1.165, 1.54) is 0 Å². The van der Waals surface area contributed by atoms with E-state index < -0.39 is 5.60 Å². The Labute approximate surface area is 147 Å². The number of carbonyl (C=O) groups excluding carboxylic acids is 2. The second kappa shape index (κ2) is 6.40. The van der Waals surface area contributed by atoms with Gasteiger partial charge in [0.25, 0.3) is 0 Å². The maximum absolute atomic E-state index is 12.3. The summed E-state index contributed by atoms with van der Waals surface area (Å²) in [4.78, 5) is 26.1. The first-order valence-electron chi connectivity index (χ1n) is 8.53. The highest BCUT2D eigenvalue weighted by Gasteiger charge is 2.60. The third-order valence-corrected chi connectivity index (χ3v) is 4.67. The summed E-state index contributed by atoms with van der Waals surface area (Å²) in [6.07, 6.45) is -0.299. The van der Waals surface area contributed by atoms with E-state index in [-0.39, 0.29) is 29.8 Å². The summed E-state index contributed by atoms with van der Waals surface area (Å²) >= 11 is 0. The average Bonchev–Trinajstić information content (AvgIpc) is 3.05. The van der Waals surface area contributed by atoms with Gasteiger partial charge >= 0.3 is 6.09 Å². The molecule has 0 spiro atoms. The molecule has 2 fully saturated rings. The van der Waals surface area contributed by atoms with Crippen molar-refractivity contribution in [3.8, 4) is 6.07 Å². The number of ether oxygens (including phenoxy) is 1. The zero-order chi connectivity index (χ0) is 18.2. The van der Waals surface area contributed by atoms with E-state index in [2.05, 4.69) is 11.4 Å². The lowest BCUT2D eigenvalue weighted by Gasteiger charge is -2.25. The molecule has 132 valence electrons. The molecule has 6 heteroatoms. The number of nitrogens with zero attached hydrogens (tertiary/aromatic N) is 2. The topological polar surface area (TPSA) is 82.4 Å². The second-order valence-electron chi connectivity index (χ2n) is 7.77. The van der Waals surface area contributed by atoms with Crippen molar-refractivity contribution in [2.45, 2.75) is 32.9 Å². The molecule has 1 N–H and O–H groups in total. The molecule has 1 aromatic rings. The number of amides is 2. The normalized spacial score (nSPS) is 24.2. The van der Waals surface area contributed by atoms with Crippen molar-refractivity contribution in [3.63, 3.8) is 0 Å². The van der Waals surface area contributed by atoms with Gasteiger partial charge in [-0.2, -0.15) is 5.26 Å². The van der Waals surface area contributed by atoms with E-state index in [1.807, 2.05) is 32.9 Å². The number of carbonyl (C=O) groups is 2. The lowest BCUT2D eigenvalue weighted by atomic mass is 10.1. The van der Waals surface area contributed by atoms with Crippen LogP contribution in [0.15, 0.2) is 24.3 Å². The van der Waals surface area contributed by atoms with Gasteiger partial charge in [-0.15, -0.1) is 0 Å². The van der Waals surface area contributed by atoms with E-state index in [4.69, 9.17) is 10.00 Å². The van der Waals surface area contributed by atoms with Gasteiger partial charge in [-0.05, 0) is 50.3 Å². The molecule has 2 amide bonds. The summed E-state index contributed by atoms with van der Waals surface area (Å²) in [7, 11) is 0. The van der Waals surface area contributed by atoms with Crippen LogP contribution in [-0.2, 0) is 16.1 Å². The Morgan fingerprint density at radius 1 is 1.32 bits per heavy atom. The smallest absolute Gasteiger partial charge is 0.410 e. The molecule has 1 aliphatic heterocycles. The number of nitriles is 1. The van der Waals surface area contributed by atoms with Crippen molar-refractivity contribution < 1.29 is 14.3 Å². The Kier molecular flexibility index (Phi) is 4.42. The Morgan fingerprint density at radius 3 is 2.60 bits per heavy atom. The summed E-state index contributed by atoms with van der Waals surface area (Å²) in [5.74, 6) is 0.481. The number of hydrogen-bond donors (Lipinski definition) is 1. The van der Waals surface area contributed by atoms with Gasteiger partial charge in [0, 0.05) is 25.6 Å². The van der Waals surface area contributed by atoms with Gasteiger partial charge in [-0.1, -0.05) is 12.1 Å². The summed E-state index contributed by atoms with van der Waals surface area (Å²) in [6.45, 7) is 7.13. The summed E-state index contributed by atoms with van der Waals surface area (Å²) in [5.41, 5.74) is 0.995. The molecule has 3 atom stereocenters. The fourth-order valence-electron chi connectivity index (χ4n) is 3.45. The van der Waals surface area contributed by atoms with E-state index >= 15 is 0 Å². The van der Waals surface area contributed by atoms with E-state index in [9.17, 15) is 9.59 Å². The van der Waals surface area contributed by atoms with Crippen LogP contribution in [0.25, 0.3) is 0 Å². The van der Waals surface area contributed by atoms with Crippen LogP contribution >= 0.6 is 0 Å². The minimum atomic E-state index is -0.501. The van der Waals surface area contributed by atoms with Gasteiger partial charge < -0.3 is 15.0 Å². The molecule has 25 heavy (non-hydrogen) atoms. The van der Waals surface area contributed by atoms with Crippen LogP contribution in [0.3, 0.4) is 0 Å². The monoisotopic (exact) mass is 341 g/mol. The number of hydrogen-bond acceptors (Lipinski definition) is 4. The highest BCUT2D eigenvalue weighted by molar-refractivity contribution is 5.83. The number of likely N-dealkylation sites (tertiary alicyclic amines) is 1. The highest BCUT2D eigenvalue weighted by atomic mass is 16.6. The first kappa shape index (κ1) is 17.3. The number of benzene rings is 1. The van der Waals surface area contributed by atoms with Crippen molar-refractivity contribution in [1.29, 1.82) is 5.26 Å². The standard InChI is InChI=1S/C19H23N3O3/c1-19(2,3)25-18(24)22-10-14-15(11-22)16(14)17(23)21-9-13-6-4-5-12(7-13)8-20/h4-7,14-16H,9-11H2,1-3H3,(H,21,23)/t14-,15+,16+. The van der Waals surface area contributed by atoms with Gasteiger partial charge in [-0.25, -0.2) is 4.79 Å². The van der Waals surface area contributed by atoms with Crippen LogP contribution in [0.1, 0.15) is 31.9 Å². The Bertz CT molecular complexity index is 720. The van der Waals surface area contributed by atoms with Gasteiger partial charge in [-0.3, -0.25) is 4.79 Å². The molecular weight excluding hydrogens is 318 g/mol. The summed E-state index contributed by atoms with van der Waals surface area (Å²) in [6, 6.07) is 9.30. The lowest BCUT2D eigenvalue weighted by Crippen LogP contribution is -2.38. The summed E-state index contributed by atoms with van der Waals surface area (Å²) < 4.78 is 5.37. The quantitative estimate of drug-likeness (QED) is 0.914. The number of nitrogens with one attached hydrogen (secondary N) is 1. The molecule has 0 unspecified atom stereocenters. The lowest BCUT2D eigenvalue weighted by molar-refractivity contribution is -0.123. The van der Waals surface area contributed by atoms with Crippen molar-refractivity contribution in [2.75, 3.05) is 13.1 Å². The van der Waals surface area contributed by atoms with E-state index in [1.54, 1.807) is 17.0 Å². The molecule has 0 aromatic heterocycles. The molecule has 1 saturated carbocycles. The van der Waals surface area contributed by atoms with Crippen LogP contribution < -0.4 is 5.32 Å². The zero-order valence-electron chi connectivity index (χ0n) is 14.8. The molecular formula is C19H23N3O3. The van der Waals surface area contributed by atoms with Crippen molar-refractivity contribution in [3.05, 3.63) is 35.4 Å². The molecule has 1 heterocycles. The first-order chi connectivity index (χ1) is 11.8. The van der Waals surface area contributed by atoms with E-state index in [0.717, 1.165) is 5.56 Å². The predicted molar refractivity (Wildman–Crippen MR) is 91.3 cm³/mol. The third-order valence-electron chi connectivity index (χ3n) is 4.67. The van der Waals surface area contributed by atoms with Crippen LogP contribution in [0.4, 0.5) is 4.79 Å². The highest BCUT2D eigenvalue weighted by Crippen LogP contribution is 2.52. The molecule has 6 nitrogen and oxygen atoms in total. The SMILES string of the molecule is CC(C)(C)OC(=O)N1C[C@@H]2[C@H](C1)[C@H]2C(=O)NCc1cccc(C#N)c1. The van der Waals surface area contributed by atoms with Crippen LogP contribution in [0, 0.1) is 29.1 Å². The number of fused-ring (bicyclic) bond motifs is 1. The summed E-state index contributed by atoms with van der Waals surface area (Å²) in [5, 5.41) is 11.8. The molecule has 1 aliphatic carbocycles. The third kappa shape index (κ3) is 3.93. The van der Waals surface area contributed by atoms with E-state index in [0.29, 0.717) is 25.2 Å². The first-order valence-corrected chi connectivity index (χ1v) is 8.53. The van der Waals surface area contributed by atoms with Crippen molar-refractivity contribution in [2.24, 2.45) is 17.8 Å². The Hall–Kier alpha value is -2.55. The van der Waals surface area contributed by atoms with Crippen LogP contribution in [0.2, 0.25) is 0 Å². The largest absolute Gasteiger partial charge is 0.444 e. The molecule has 1 saturated heterocycles. The molecule has 2 aliphatic rings. The minimum Gasteiger partial charge on any atom is -0.444 e. The fraction of sp³-hybridized carbons (Fsp3) is 0.526. The van der Waals surface area contributed by atoms with Gasteiger partial charge in [0.1, 0.15) is 5.60 Å². The minimum absolute atomic E-state index is 0.0159. The fourth-order valence-corrected chi connectivity index (χ4v) is 3.45. The van der Waals surface area contributed by atoms with Gasteiger partial charge in [0.15, 0.2) is 0 Å². The van der Waals surface area contributed by atoms with Crippen molar-refractivity contribution >= 4 is 12.0 Å². The molecule has 0 bridgehead atoms. The zero-order valence-corrected chi connectivity index (χ0v) is 14.8. The van der Waals surface area contributed by atoms with Gasteiger partial charge in [0.2, 0.25) is 5.91 Å².